The molecular formula is C21H28F2O2. The summed E-state index contributed by atoms with van der Waals surface area (Å²) in [4.78, 5) is 0. The zero-order chi connectivity index (χ0) is 17.5. The molecule has 0 radical (unpaired) electrons. The van der Waals surface area contributed by atoms with Gasteiger partial charge in [0.05, 0.1) is 6.61 Å². The number of benzene rings is 1. The van der Waals surface area contributed by atoms with E-state index in [-0.39, 0.29) is 18.1 Å². The van der Waals surface area contributed by atoms with E-state index in [1.165, 1.54) is 57.1 Å². The number of hydrogen-bond donors (Lipinski definition) is 0. The van der Waals surface area contributed by atoms with Gasteiger partial charge in [0.1, 0.15) is 6.61 Å². The van der Waals surface area contributed by atoms with E-state index in [0.29, 0.717) is 12.5 Å². The summed E-state index contributed by atoms with van der Waals surface area (Å²) in [7, 11) is 0. The SMILES string of the molecule is Fc1c(OC/C=C/C2CCCC2)ccc(OCCCC2CCC2)c1F. The molecule has 2 nitrogen and oxygen atoms in total. The van der Waals surface area contributed by atoms with E-state index < -0.39 is 11.6 Å². The van der Waals surface area contributed by atoms with Gasteiger partial charge in [-0.05, 0) is 49.7 Å². The van der Waals surface area contributed by atoms with Crippen LogP contribution >= 0.6 is 0 Å². The fraction of sp³-hybridized carbons (Fsp3) is 0.619. The van der Waals surface area contributed by atoms with E-state index in [1.54, 1.807) is 0 Å². The zero-order valence-electron chi connectivity index (χ0n) is 14.8. The average molecular weight is 350 g/mol. The van der Waals surface area contributed by atoms with Crippen molar-refractivity contribution in [1.29, 1.82) is 0 Å². The minimum absolute atomic E-state index is 0.0278. The maximum absolute atomic E-state index is 14.1. The molecule has 0 amide bonds. The second kappa shape index (κ2) is 9.21. The highest BCUT2D eigenvalue weighted by molar-refractivity contribution is 5.35. The lowest BCUT2D eigenvalue weighted by Gasteiger charge is -2.25. The van der Waals surface area contributed by atoms with Crippen LogP contribution in [0.25, 0.3) is 0 Å². The van der Waals surface area contributed by atoms with E-state index >= 15 is 0 Å². The summed E-state index contributed by atoms with van der Waals surface area (Å²) in [6, 6.07) is 2.90. The Balaban J connectivity index is 1.43. The first-order chi connectivity index (χ1) is 12.2. The van der Waals surface area contributed by atoms with Gasteiger partial charge in [-0.25, -0.2) is 0 Å². The largest absolute Gasteiger partial charge is 0.490 e. The van der Waals surface area contributed by atoms with Crippen molar-refractivity contribution >= 4 is 0 Å². The molecule has 2 fully saturated rings. The molecule has 0 aromatic heterocycles. The van der Waals surface area contributed by atoms with Crippen molar-refractivity contribution in [2.24, 2.45) is 11.8 Å². The lowest BCUT2D eigenvalue weighted by Crippen LogP contribution is -2.12. The minimum atomic E-state index is -0.967. The van der Waals surface area contributed by atoms with Crippen LogP contribution in [0.2, 0.25) is 0 Å². The molecule has 25 heavy (non-hydrogen) atoms. The summed E-state index contributed by atoms with van der Waals surface area (Å²) in [6.07, 6.45) is 14.9. The monoisotopic (exact) mass is 350 g/mol. The van der Waals surface area contributed by atoms with E-state index in [0.717, 1.165) is 18.8 Å². The summed E-state index contributed by atoms with van der Waals surface area (Å²) in [5.74, 6) is -0.596. The van der Waals surface area contributed by atoms with Gasteiger partial charge in [-0.2, -0.15) is 8.78 Å². The van der Waals surface area contributed by atoms with Gasteiger partial charge in [-0.1, -0.05) is 44.3 Å². The molecule has 0 bridgehead atoms. The number of allylic oxidation sites excluding steroid dienone is 1. The lowest BCUT2D eigenvalue weighted by molar-refractivity contribution is 0.238. The van der Waals surface area contributed by atoms with Crippen LogP contribution < -0.4 is 9.47 Å². The van der Waals surface area contributed by atoms with Crippen LogP contribution in [-0.4, -0.2) is 13.2 Å². The maximum Gasteiger partial charge on any atom is 0.204 e. The predicted molar refractivity (Wildman–Crippen MR) is 95.0 cm³/mol. The van der Waals surface area contributed by atoms with Crippen molar-refractivity contribution in [3.63, 3.8) is 0 Å². The van der Waals surface area contributed by atoms with E-state index in [9.17, 15) is 8.78 Å². The van der Waals surface area contributed by atoms with Crippen LogP contribution in [0, 0.1) is 23.5 Å². The van der Waals surface area contributed by atoms with Gasteiger partial charge in [0.25, 0.3) is 0 Å². The second-order valence-corrected chi connectivity index (χ2v) is 7.26. The van der Waals surface area contributed by atoms with Gasteiger partial charge in [0.15, 0.2) is 11.5 Å². The fourth-order valence-corrected chi connectivity index (χ4v) is 3.61. The molecule has 2 aliphatic rings. The van der Waals surface area contributed by atoms with Gasteiger partial charge in [-0.15, -0.1) is 0 Å². The highest BCUT2D eigenvalue weighted by atomic mass is 19.2. The first kappa shape index (κ1) is 18.2. The number of ether oxygens (including phenoxy) is 2. The Bertz CT molecular complexity index is 576. The summed E-state index contributed by atoms with van der Waals surface area (Å²) < 4.78 is 38.9. The van der Waals surface area contributed by atoms with Crippen molar-refractivity contribution in [3.05, 3.63) is 35.9 Å². The smallest absolute Gasteiger partial charge is 0.204 e. The molecular weight excluding hydrogens is 322 g/mol. The Kier molecular flexibility index (Phi) is 6.71. The summed E-state index contributed by atoms with van der Waals surface area (Å²) in [5.41, 5.74) is 0. The molecule has 138 valence electrons. The fourth-order valence-electron chi connectivity index (χ4n) is 3.61. The van der Waals surface area contributed by atoms with Crippen molar-refractivity contribution in [1.82, 2.24) is 0 Å². The van der Waals surface area contributed by atoms with E-state index in [2.05, 4.69) is 6.08 Å². The van der Waals surface area contributed by atoms with Crippen molar-refractivity contribution in [3.8, 4) is 11.5 Å². The molecule has 0 unspecified atom stereocenters. The van der Waals surface area contributed by atoms with Gasteiger partial charge in [-0.3, -0.25) is 0 Å². The van der Waals surface area contributed by atoms with E-state index in [4.69, 9.17) is 9.47 Å². The van der Waals surface area contributed by atoms with Crippen LogP contribution in [0.3, 0.4) is 0 Å². The van der Waals surface area contributed by atoms with Gasteiger partial charge >= 0.3 is 0 Å². The van der Waals surface area contributed by atoms with Crippen LogP contribution in [0.15, 0.2) is 24.3 Å². The summed E-state index contributed by atoms with van der Waals surface area (Å²) >= 11 is 0. The average Bonchev–Trinajstić information content (AvgIpc) is 3.08. The maximum atomic E-state index is 14.1. The van der Waals surface area contributed by atoms with Gasteiger partial charge in [0, 0.05) is 0 Å². The molecule has 0 atom stereocenters. The zero-order valence-corrected chi connectivity index (χ0v) is 14.8. The topological polar surface area (TPSA) is 18.5 Å². The first-order valence-electron chi connectivity index (χ1n) is 9.64. The summed E-state index contributed by atoms with van der Waals surface area (Å²) in [5, 5.41) is 0. The lowest BCUT2D eigenvalue weighted by atomic mass is 9.82. The van der Waals surface area contributed by atoms with E-state index in [1.807, 2.05) is 6.08 Å². The van der Waals surface area contributed by atoms with Crippen LogP contribution in [0.4, 0.5) is 8.78 Å². The molecule has 0 N–H and O–H groups in total. The molecule has 0 aliphatic heterocycles. The standard InChI is InChI=1S/C21H28F2O2/c22-20-18(24-14-4-10-16-6-1-2-7-16)12-13-19(21(20)23)25-15-5-11-17-8-3-9-17/h4,10,12-13,16-17H,1-3,5-9,11,14-15H2/b10-4+. The van der Waals surface area contributed by atoms with Crippen molar-refractivity contribution in [2.75, 3.05) is 13.2 Å². The predicted octanol–water partition coefficient (Wildman–Crippen LogP) is 6.05. The number of hydrogen-bond acceptors (Lipinski definition) is 2. The van der Waals surface area contributed by atoms with Gasteiger partial charge in [0.2, 0.25) is 11.6 Å². The molecule has 4 heteroatoms. The molecule has 1 aromatic carbocycles. The molecule has 0 spiro atoms. The molecule has 0 heterocycles. The van der Waals surface area contributed by atoms with Crippen molar-refractivity contribution in [2.45, 2.75) is 57.8 Å². The quantitative estimate of drug-likeness (QED) is 0.399. The molecule has 3 rings (SSSR count). The van der Waals surface area contributed by atoms with Crippen LogP contribution in [0.5, 0.6) is 11.5 Å². The molecule has 0 saturated heterocycles. The Morgan fingerprint density at radius 3 is 2.24 bits per heavy atom. The molecule has 1 aromatic rings. The highest BCUT2D eigenvalue weighted by Crippen LogP contribution is 2.31. The third-order valence-corrected chi connectivity index (χ3v) is 5.39. The first-order valence-corrected chi connectivity index (χ1v) is 9.64. The Labute approximate surface area is 149 Å². The Morgan fingerprint density at radius 1 is 0.920 bits per heavy atom. The Hall–Kier alpha value is -1.58. The van der Waals surface area contributed by atoms with Crippen LogP contribution in [-0.2, 0) is 0 Å². The van der Waals surface area contributed by atoms with Crippen molar-refractivity contribution < 1.29 is 18.3 Å². The van der Waals surface area contributed by atoms with Crippen LogP contribution in [0.1, 0.15) is 57.8 Å². The number of halogens is 2. The molecule has 2 aliphatic carbocycles. The second-order valence-electron chi connectivity index (χ2n) is 7.26. The third-order valence-electron chi connectivity index (χ3n) is 5.39. The highest BCUT2D eigenvalue weighted by Gasteiger charge is 2.18. The van der Waals surface area contributed by atoms with Gasteiger partial charge < -0.3 is 9.47 Å². The normalized spacial score (nSPS) is 18.6. The summed E-state index contributed by atoms with van der Waals surface area (Å²) in [6.45, 7) is 0.686. The number of rotatable bonds is 9. The third kappa shape index (κ3) is 5.20. The Morgan fingerprint density at radius 2 is 1.60 bits per heavy atom. The molecule has 2 saturated carbocycles. The minimum Gasteiger partial charge on any atom is -0.490 e.